The van der Waals surface area contributed by atoms with Crippen LogP contribution in [0.25, 0.3) is 27.5 Å². The van der Waals surface area contributed by atoms with Gasteiger partial charge in [-0.15, -0.1) is 0 Å². The second-order valence-electron chi connectivity index (χ2n) is 5.66. The van der Waals surface area contributed by atoms with E-state index in [2.05, 4.69) is 85.1 Å². The van der Waals surface area contributed by atoms with Gasteiger partial charge in [-0.2, -0.15) is 0 Å². The van der Waals surface area contributed by atoms with Crippen LogP contribution in [0.5, 0.6) is 0 Å². The fraction of sp³-hybridized carbons (Fsp3) is 0.100. The van der Waals surface area contributed by atoms with Crippen LogP contribution in [0, 0.1) is 13.8 Å². The molecule has 1 nitrogen and oxygen atoms in total. The van der Waals surface area contributed by atoms with Crippen molar-refractivity contribution in [3.63, 3.8) is 0 Å². The number of fused-ring (bicyclic) bond motifs is 3. The Labute approximate surface area is 124 Å². The molecule has 0 atom stereocenters. The fourth-order valence-electron chi connectivity index (χ4n) is 3.15. The Bertz CT molecular complexity index is 943. The van der Waals surface area contributed by atoms with Gasteiger partial charge in [-0.05, 0) is 37.6 Å². The van der Waals surface area contributed by atoms with E-state index in [0.717, 1.165) is 0 Å². The third kappa shape index (κ3) is 1.78. The third-order valence-electron chi connectivity index (χ3n) is 4.19. The van der Waals surface area contributed by atoms with Crippen LogP contribution in [0.2, 0.25) is 0 Å². The first kappa shape index (κ1) is 12.2. The lowest BCUT2D eigenvalue weighted by Crippen LogP contribution is -1.95. The minimum atomic E-state index is 1.22. The minimum absolute atomic E-state index is 1.22. The molecule has 0 saturated heterocycles. The van der Waals surface area contributed by atoms with Crippen molar-refractivity contribution in [2.75, 3.05) is 0 Å². The van der Waals surface area contributed by atoms with E-state index in [1.807, 2.05) is 0 Å². The molecular weight excluding hydrogens is 254 g/mol. The van der Waals surface area contributed by atoms with Crippen LogP contribution in [0.4, 0.5) is 0 Å². The van der Waals surface area contributed by atoms with Crippen molar-refractivity contribution < 1.29 is 0 Å². The van der Waals surface area contributed by atoms with Crippen LogP contribution in [0.3, 0.4) is 0 Å². The summed E-state index contributed by atoms with van der Waals surface area (Å²) in [6.07, 6.45) is 0. The van der Waals surface area contributed by atoms with E-state index in [9.17, 15) is 0 Å². The molecule has 0 N–H and O–H groups in total. The molecule has 0 fully saturated rings. The largest absolute Gasteiger partial charge is 0.309 e. The van der Waals surface area contributed by atoms with Crippen LogP contribution in [-0.2, 0) is 0 Å². The molecule has 1 heteroatoms. The maximum Gasteiger partial charge on any atom is 0.0570 e. The molecule has 0 saturated carbocycles. The number of para-hydroxylation sites is 2. The zero-order valence-corrected chi connectivity index (χ0v) is 12.3. The highest BCUT2D eigenvalue weighted by molar-refractivity contribution is 6.10. The maximum atomic E-state index is 2.37. The van der Waals surface area contributed by atoms with E-state index in [4.69, 9.17) is 0 Å². The molecule has 0 bridgehead atoms. The Kier molecular flexibility index (Phi) is 2.61. The summed E-state index contributed by atoms with van der Waals surface area (Å²) in [5.74, 6) is 0. The van der Waals surface area contributed by atoms with E-state index in [1.54, 1.807) is 0 Å². The van der Waals surface area contributed by atoms with Gasteiger partial charge >= 0.3 is 0 Å². The molecule has 0 unspecified atom stereocenters. The van der Waals surface area contributed by atoms with E-state index in [0.29, 0.717) is 0 Å². The first-order valence-corrected chi connectivity index (χ1v) is 7.31. The molecular formula is C20H17N. The van der Waals surface area contributed by atoms with Crippen molar-refractivity contribution in [2.45, 2.75) is 13.8 Å². The van der Waals surface area contributed by atoms with Gasteiger partial charge in [-0.25, -0.2) is 0 Å². The van der Waals surface area contributed by atoms with Gasteiger partial charge in [-0.1, -0.05) is 54.1 Å². The SMILES string of the molecule is Cc1ccc(-n2c3ccccc3c3cccc(C)c32)cc1. The number of hydrogen-bond acceptors (Lipinski definition) is 0. The smallest absolute Gasteiger partial charge is 0.0570 e. The summed E-state index contributed by atoms with van der Waals surface area (Å²) in [5, 5.41) is 2.64. The van der Waals surface area contributed by atoms with Crippen molar-refractivity contribution in [3.8, 4) is 5.69 Å². The lowest BCUT2D eigenvalue weighted by molar-refractivity contribution is 1.16. The van der Waals surface area contributed by atoms with Crippen molar-refractivity contribution in [1.29, 1.82) is 0 Å². The lowest BCUT2D eigenvalue weighted by Gasteiger charge is -2.09. The molecule has 0 spiro atoms. The van der Waals surface area contributed by atoms with E-state index in [1.165, 1.54) is 38.6 Å². The van der Waals surface area contributed by atoms with Gasteiger partial charge < -0.3 is 4.57 Å². The van der Waals surface area contributed by atoms with Crippen LogP contribution >= 0.6 is 0 Å². The van der Waals surface area contributed by atoms with Gasteiger partial charge in [0.15, 0.2) is 0 Å². The van der Waals surface area contributed by atoms with Gasteiger partial charge in [-0.3, -0.25) is 0 Å². The highest BCUT2D eigenvalue weighted by atomic mass is 15.0. The maximum absolute atomic E-state index is 2.37. The molecule has 102 valence electrons. The molecule has 0 radical (unpaired) electrons. The fourth-order valence-corrected chi connectivity index (χ4v) is 3.15. The minimum Gasteiger partial charge on any atom is -0.309 e. The first-order chi connectivity index (χ1) is 10.3. The third-order valence-corrected chi connectivity index (χ3v) is 4.19. The average Bonchev–Trinajstić information content (AvgIpc) is 2.84. The van der Waals surface area contributed by atoms with Crippen LogP contribution < -0.4 is 0 Å². The molecule has 4 aromatic rings. The molecule has 0 aliphatic heterocycles. The topological polar surface area (TPSA) is 4.93 Å². The first-order valence-electron chi connectivity index (χ1n) is 7.31. The Morgan fingerprint density at radius 2 is 1.38 bits per heavy atom. The predicted molar refractivity (Wildman–Crippen MR) is 90.3 cm³/mol. The molecule has 0 amide bonds. The summed E-state index contributed by atoms with van der Waals surface area (Å²) in [6.45, 7) is 4.31. The van der Waals surface area contributed by atoms with Gasteiger partial charge in [0, 0.05) is 16.5 Å². The molecule has 0 aliphatic carbocycles. The standard InChI is InChI=1S/C20H17N/c1-14-10-12-16(13-11-14)21-19-9-4-3-7-17(19)18-8-5-6-15(2)20(18)21/h3-13H,1-2H3. The van der Waals surface area contributed by atoms with Gasteiger partial charge in [0.05, 0.1) is 11.0 Å². The summed E-state index contributed by atoms with van der Waals surface area (Å²) in [4.78, 5) is 0. The van der Waals surface area contributed by atoms with Crippen LogP contribution in [0.15, 0.2) is 66.7 Å². The normalized spacial score (nSPS) is 11.3. The van der Waals surface area contributed by atoms with Gasteiger partial charge in [0.2, 0.25) is 0 Å². The summed E-state index contributed by atoms with van der Waals surface area (Å²) >= 11 is 0. The lowest BCUT2D eigenvalue weighted by atomic mass is 10.1. The molecule has 4 rings (SSSR count). The summed E-state index contributed by atoms with van der Waals surface area (Å²) in [5.41, 5.74) is 6.40. The Hall–Kier alpha value is -2.54. The zero-order chi connectivity index (χ0) is 14.4. The van der Waals surface area contributed by atoms with Gasteiger partial charge in [0.25, 0.3) is 0 Å². The summed E-state index contributed by atoms with van der Waals surface area (Å²) in [7, 11) is 0. The Morgan fingerprint density at radius 3 is 2.19 bits per heavy atom. The number of aryl methyl sites for hydroxylation is 2. The Morgan fingerprint density at radius 1 is 0.667 bits per heavy atom. The number of benzene rings is 3. The number of nitrogens with zero attached hydrogens (tertiary/aromatic N) is 1. The van der Waals surface area contributed by atoms with Gasteiger partial charge in [0.1, 0.15) is 0 Å². The number of rotatable bonds is 1. The van der Waals surface area contributed by atoms with Crippen molar-refractivity contribution >= 4 is 21.8 Å². The van der Waals surface area contributed by atoms with Crippen LogP contribution in [0.1, 0.15) is 11.1 Å². The average molecular weight is 271 g/mol. The molecule has 1 heterocycles. The van der Waals surface area contributed by atoms with E-state index >= 15 is 0 Å². The number of hydrogen-bond donors (Lipinski definition) is 0. The molecule has 0 aliphatic rings. The van der Waals surface area contributed by atoms with Crippen molar-refractivity contribution in [3.05, 3.63) is 77.9 Å². The van der Waals surface area contributed by atoms with Crippen molar-refractivity contribution in [2.24, 2.45) is 0 Å². The molecule has 3 aromatic carbocycles. The second-order valence-corrected chi connectivity index (χ2v) is 5.66. The highest BCUT2D eigenvalue weighted by Gasteiger charge is 2.12. The zero-order valence-electron chi connectivity index (χ0n) is 12.3. The monoisotopic (exact) mass is 271 g/mol. The molecule has 1 aromatic heterocycles. The van der Waals surface area contributed by atoms with E-state index < -0.39 is 0 Å². The second kappa shape index (κ2) is 4.49. The van der Waals surface area contributed by atoms with Crippen LogP contribution in [-0.4, -0.2) is 4.57 Å². The quantitative estimate of drug-likeness (QED) is 0.437. The summed E-state index contributed by atoms with van der Waals surface area (Å²) < 4.78 is 2.37. The Balaban J connectivity index is 2.21. The number of aromatic nitrogens is 1. The van der Waals surface area contributed by atoms with Crippen molar-refractivity contribution in [1.82, 2.24) is 4.57 Å². The predicted octanol–water partition coefficient (Wildman–Crippen LogP) is 5.40. The summed E-state index contributed by atoms with van der Waals surface area (Å²) in [6, 6.07) is 23.9. The van der Waals surface area contributed by atoms with E-state index in [-0.39, 0.29) is 0 Å². The molecule has 21 heavy (non-hydrogen) atoms. The highest BCUT2D eigenvalue weighted by Crippen LogP contribution is 2.33.